The second kappa shape index (κ2) is 4.40. The molecule has 0 bridgehead atoms. The first-order valence-corrected chi connectivity index (χ1v) is 7.63. The summed E-state index contributed by atoms with van der Waals surface area (Å²) in [4.78, 5) is 0. The fraction of sp³-hybridized carbons (Fsp3) is 0.400. The third-order valence-corrected chi connectivity index (χ3v) is 5.22. The summed E-state index contributed by atoms with van der Waals surface area (Å²) in [6.45, 7) is 0. The van der Waals surface area contributed by atoms with Crippen LogP contribution in [0.15, 0.2) is 22.7 Å². The number of rotatable bonds is 2. The van der Waals surface area contributed by atoms with Gasteiger partial charge in [-0.3, -0.25) is 0 Å². The number of fused-ring (bicyclic) bond motifs is 1. The molecule has 2 aromatic rings. The zero-order valence-electron chi connectivity index (χ0n) is 10.8. The molecule has 2 atom stereocenters. The van der Waals surface area contributed by atoms with E-state index < -0.39 is 0 Å². The number of nitrogens with two attached hydrogens (primary N) is 1. The third-order valence-electron chi connectivity index (χ3n) is 4.67. The van der Waals surface area contributed by atoms with Gasteiger partial charge in [0.1, 0.15) is 0 Å². The van der Waals surface area contributed by atoms with Crippen molar-refractivity contribution in [2.45, 2.75) is 25.2 Å². The van der Waals surface area contributed by atoms with Gasteiger partial charge in [0.05, 0.1) is 16.3 Å². The Balaban J connectivity index is 1.80. The Bertz CT molecular complexity index is 673. The SMILES string of the molecule is Nc1onc(C2C3CCCC32)c1-c1ccc(Cl)cc1Cl. The molecule has 2 N–H and O–H groups in total. The van der Waals surface area contributed by atoms with Crippen LogP contribution in [0, 0.1) is 11.8 Å². The molecular weight excluding hydrogens is 295 g/mol. The van der Waals surface area contributed by atoms with Gasteiger partial charge < -0.3 is 10.3 Å². The normalized spacial score (nSPS) is 27.6. The van der Waals surface area contributed by atoms with E-state index in [9.17, 15) is 0 Å². The predicted octanol–water partition coefficient (Wildman–Crippen LogP) is 4.74. The van der Waals surface area contributed by atoms with E-state index in [4.69, 9.17) is 33.5 Å². The predicted molar refractivity (Wildman–Crippen MR) is 79.9 cm³/mol. The average molecular weight is 309 g/mol. The second-order valence-electron chi connectivity index (χ2n) is 5.72. The molecule has 1 heterocycles. The van der Waals surface area contributed by atoms with Gasteiger partial charge in [0.25, 0.3) is 0 Å². The highest BCUT2D eigenvalue weighted by Gasteiger charge is 2.55. The Morgan fingerprint density at radius 2 is 1.95 bits per heavy atom. The van der Waals surface area contributed by atoms with E-state index >= 15 is 0 Å². The molecule has 2 fully saturated rings. The standard InChI is InChI=1S/C15H14Cl2N2O/c16-7-4-5-10(11(17)6-7)13-14(19-20-15(13)18)12-8-2-1-3-9(8)12/h4-6,8-9,12H,1-3,18H2. The Morgan fingerprint density at radius 3 is 2.65 bits per heavy atom. The van der Waals surface area contributed by atoms with Gasteiger partial charge >= 0.3 is 0 Å². The lowest BCUT2D eigenvalue weighted by Crippen LogP contribution is -1.94. The van der Waals surface area contributed by atoms with E-state index in [1.807, 2.05) is 12.1 Å². The van der Waals surface area contributed by atoms with E-state index in [2.05, 4.69) is 5.16 Å². The third kappa shape index (κ3) is 1.76. The topological polar surface area (TPSA) is 52.0 Å². The number of anilines is 1. The number of nitrogens with zero attached hydrogens (tertiary/aromatic N) is 1. The summed E-state index contributed by atoms with van der Waals surface area (Å²) in [7, 11) is 0. The van der Waals surface area contributed by atoms with Crippen LogP contribution in [0.5, 0.6) is 0 Å². The molecule has 1 aromatic heterocycles. The van der Waals surface area contributed by atoms with E-state index in [1.54, 1.807) is 6.07 Å². The van der Waals surface area contributed by atoms with Crippen LogP contribution < -0.4 is 5.73 Å². The molecule has 1 aromatic carbocycles. The molecule has 4 rings (SSSR count). The average Bonchev–Trinajstić information content (AvgIpc) is 2.76. The first-order chi connectivity index (χ1) is 9.66. The van der Waals surface area contributed by atoms with Crippen molar-refractivity contribution in [3.05, 3.63) is 33.9 Å². The van der Waals surface area contributed by atoms with E-state index in [0.717, 1.165) is 28.7 Å². The van der Waals surface area contributed by atoms with E-state index in [0.29, 0.717) is 21.8 Å². The largest absolute Gasteiger partial charge is 0.367 e. The van der Waals surface area contributed by atoms with Crippen LogP contribution in [0.4, 0.5) is 5.88 Å². The molecule has 104 valence electrons. The minimum absolute atomic E-state index is 0.342. The molecule has 2 aliphatic carbocycles. The summed E-state index contributed by atoms with van der Waals surface area (Å²) in [5.41, 5.74) is 8.66. The van der Waals surface area contributed by atoms with Crippen molar-refractivity contribution in [3.8, 4) is 11.1 Å². The molecule has 20 heavy (non-hydrogen) atoms. The van der Waals surface area contributed by atoms with Gasteiger partial charge in [-0.25, -0.2) is 0 Å². The maximum Gasteiger partial charge on any atom is 0.230 e. The summed E-state index contributed by atoms with van der Waals surface area (Å²) in [5.74, 6) is 2.34. The molecule has 0 amide bonds. The van der Waals surface area contributed by atoms with Crippen molar-refractivity contribution in [2.75, 3.05) is 5.73 Å². The number of nitrogen functional groups attached to an aromatic ring is 1. The van der Waals surface area contributed by atoms with Crippen LogP contribution in [0.2, 0.25) is 10.0 Å². The summed E-state index contributed by atoms with van der Waals surface area (Å²) in [6.07, 6.45) is 3.90. The van der Waals surface area contributed by atoms with Gasteiger partial charge in [-0.05, 0) is 36.8 Å². The molecule has 5 heteroatoms. The van der Waals surface area contributed by atoms with Crippen molar-refractivity contribution in [2.24, 2.45) is 11.8 Å². The van der Waals surface area contributed by atoms with Crippen molar-refractivity contribution in [1.82, 2.24) is 5.16 Å². The second-order valence-corrected chi connectivity index (χ2v) is 6.56. The highest BCUT2D eigenvalue weighted by molar-refractivity contribution is 6.36. The number of halogens is 2. The van der Waals surface area contributed by atoms with Crippen LogP contribution in [0.25, 0.3) is 11.1 Å². The molecule has 0 saturated heterocycles. The number of hydrogen-bond donors (Lipinski definition) is 1. The van der Waals surface area contributed by atoms with Crippen molar-refractivity contribution in [3.63, 3.8) is 0 Å². The summed E-state index contributed by atoms with van der Waals surface area (Å²) in [5, 5.41) is 5.40. The Labute approximate surface area is 127 Å². The lowest BCUT2D eigenvalue weighted by molar-refractivity contribution is 0.424. The molecule has 2 unspecified atom stereocenters. The molecule has 0 radical (unpaired) electrons. The van der Waals surface area contributed by atoms with Crippen LogP contribution >= 0.6 is 23.2 Å². The molecule has 0 spiro atoms. The van der Waals surface area contributed by atoms with Gasteiger partial charge in [-0.2, -0.15) is 0 Å². The van der Waals surface area contributed by atoms with Crippen LogP contribution in [-0.2, 0) is 0 Å². The van der Waals surface area contributed by atoms with Gasteiger partial charge in [0.15, 0.2) is 0 Å². The van der Waals surface area contributed by atoms with Gasteiger partial charge in [-0.1, -0.05) is 40.8 Å². The Hall–Kier alpha value is -1.19. The van der Waals surface area contributed by atoms with Gasteiger partial charge in [0, 0.05) is 16.5 Å². The summed E-state index contributed by atoms with van der Waals surface area (Å²) in [6, 6.07) is 5.42. The quantitative estimate of drug-likeness (QED) is 0.871. The highest BCUT2D eigenvalue weighted by Crippen LogP contribution is 2.64. The molecular formula is C15H14Cl2N2O. The maximum absolute atomic E-state index is 6.30. The van der Waals surface area contributed by atoms with Gasteiger partial charge in [0.2, 0.25) is 5.88 Å². The highest BCUT2D eigenvalue weighted by atomic mass is 35.5. The zero-order chi connectivity index (χ0) is 13.9. The first kappa shape index (κ1) is 12.5. The van der Waals surface area contributed by atoms with Crippen LogP contribution in [0.1, 0.15) is 30.9 Å². The smallest absolute Gasteiger partial charge is 0.230 e. The lowest BCUT2D eigenvalue weighted by atomic mass is 9.99. The van der Waals surface area contributed by atoms with E-state index in [-0.39, 0.29) is 0 Å². The maximum atomic E-state index is 6.30. The Morgan fingerprint density at radius 1 is 1.20 bits per heavy atom. The molecule has 0 aliphatic heterocycles. The van der Waals surface area contributed by atoms with Crippen LogP contribution in [-0.4, -0.2) is 5.16 Å². The Kier molecular flexibility index (Phi) is 2.76. The van der Waals surface area contributed by atoms with Crippen molar-refractivity contribution in [1.29, 1.82) is 0 Å². The number of aromatic nitrogens is 1. The van der Waals surface area contributed by atoms with Crippen molar-refractivity contribution < 1.29 is 4.52 Å². The lowest BCUT2D eigenvalue weighted by Gasteiger charge is -2.06. The fourth-order valence-corrected chi connectivity index (χ4v) is 4.24. The minimum Gasteiger partial charge on any atom is -0.367 e. The molecule has 2 saturated carbocycles. The van der Waals surface area contributed by atoms with Crippen molar-refractivity contribution >= 4 is 29.1 Å². The van der Waals surface area contributed by atoms with E-state index in [1.165, 1.54) is 19.3 Å². The number of hydrogen-bond acceptors (Lipinski definition) is 3. The molecule has 2 aliphatic rings. The molecule has 3 nitrogen and oxygen atoms in total. The minimum atomic E-state index is 0.342. The monoisotopic (exact) mass is 308 g/mol. The first-order valence-electron chi connectivity index (χ1n) is 6.87. The van der Waals surface area contributed by atoms with Crippen LogP contribution in [0.3, 0.4) is 0 Å². The van der Waals surface area contributed by atoms with Gasteiger partial charge in [-0.15, -0.1) is 0 Å². The number of benzene rings is 1. The zero-order valence-corrected chi connectivity index (χ0v) is 12.3. The summed E-state index contributed by atoms with van der Waals surface area (Å²) >= 11 is 12.3. The fourth-order valence-electron chi connectivity index (χ4n) is 3.73. The summed E-state index contributed by atoms with van der Waals surface area (Å²) < 4.78 is 5.24.